The summed E-state index contributed by atoms with van der Waals surface area (Å²) in [6, 6.07) is 19.2. The smallest absolute Gasteiger partial charge is 0.399 e. The van der Waals surface area contributed by atoms with Crippen LogP contribution < -0.4 is 5.46 Å². The van der Waals surface area contributed by atoms with E-state index in [0.29, 0.717) is 0 Å². The first-order valence-electron chi connectivity index (χ1n) is 8.65. The van der Waals surface area contributed by atoms with E-state index in [1.165, 1.54) is 11.1 Å². The molecule has 1 fully saturated rings. The minimum absolute atomic E-state index is 0.0320. The molecular formula is C21H27BO2. The van der Waals surface area contributed by atoms with E-state index in [4.69, 9.17) is 9.31 Å². The SMILES string of the molecule is CC(C)(c1ccccc1)c1ccc(B2OC(C)(C)C(C)(C)O2)cc1. The van der Waals surface area contributed by atoms with Crippen molar-refractivity contribution in [1.82, 2.24) is 0 Å². The molecule has 2 aromatic carbocycles. The van der Waals surface area contributed by atoms with E-state index >= 15 is 0 Å². The molecule has 0 amide bonds. The molecule has 3 heteroatoms. The van der Waals surface area contributed by atoms with Gasteiger partial charge in [-0.25, -0.2) is 0 Å². The molecule has 0 radical (unpaired) electrons. The molecule has 0 atom stereocenters. The van der Waals surface area contributed by atoms with Crippen molar-refractivity contribution >= 4 is 12.6 Å². The van der Waals surface area contributed by atoms with Gasteiger partial charge in [-0.1, -0.05) is 68.4 Å². The van der Waals surface area contributed by atoms with Gasteiger partial charge in [0.25, 0.3) is 0 Å². The Morgan fingerprint density at radius 2 is 1.17 bits per heavy atom. The van der Waals surface area contributed by atoms with Gasteiger partial charge in [-0.15, -0.1) is 0 Å². The van der Waals surface area contributed by atoms with Crippen LogP contribution in [-0.4, -0.2) is 18.3 Å². The molecule has 1 aliphatic rings. The van der Waals surface area contributed by atoms with Gasteiger partial charge in [0.2, 0.25) is 0 Å². The number of hydrogen-bond acceptors (Lipinski definition) is 2. The first-order valence-corrected chi connectivity index (χ1v) is 8.65. The topological polar surface area (TPSA) is 18.5 Å². The average molecular weight is 322 g/mol. The Morgan fingerprint density at radius 3 is 1.67 bits per heavy atom. The highest BCUT2D eigenvalue weighted by atomic mass is 16.7. The fourth-order valence-corrected chi connectivity index (χ4v) is 3.06. The molecule has 126 valence electrons. The molecule has 1 heterocycles. The summed E-state index contributed by atoms with van der Waals surface area (Å²) in [7, 11) is -0.302. The van der Waals surface area contributed by atoms with Gasteiger partial charge >= 0.3 is 7.12 Å². The zero-order valence-electron chi connectivity index (χ0n) is 15.6. The first-order chi connectivity index (χ1) is 11.1. The van der Waals surface area contributed by atoms with E-state index < -0.39 is 0 Å². The minimum Gasteiger partial charge on any atom is -0.399 e. The highest BCUT2D eigenvalue weighted by Gasteiger charge is 2.51. The average Bonchev–Trinajstić information content (AvgIpc) is 2.76. The van der Waals surface area contributed by atoms with E-state index in [9.17, 15) is 0 Å². The van der Waals surface area contributed by atoms with Gasteiger partial charge in [-0.2, -0.15) is 0 Å². The standard InChI is InChI=1S/C21H27BO2/c1-19(2,16-10-8-7-9-11-16)17-12-14-18(15-13-17)22-23-20(3,4)21(5,6)24-22/h7-15H,1-6H3. The van der Waals surface area contributed by atoms with Crippen LogP contribution in [0.4, 0.5) is 0 Å². The van der Waals surface area contributed by atoms with Crippen LogP contribution in [0.25, 0.3) is 0 Å². The summed E-state index contributed by atoms with van der Waals surface area (Å²) >= 11 is 0. The summed E-state index contributed by atoms with van der Waals surface area (Å²) in [4.78, 5) is 0. The second kappa shape index (κ2) is 5.75. The Hall–Kier alpha value is -1.58. The summed E-state index contributed by atoms with van der Waals surface area (Å²) in [6.45, 7) is 12.8. The predicted molar refractivity (Wildman–Crippen MR) is 101 cm³/mol. The fourth-order valence-electron chi connectivity index (χ4n) is 3.06. The number of rotatable bonds is 3. The third-order valence-corrected chi connectivity index (χ3v) is 5.65. The van der Waals surface area contributed by atoms with Crippen molar-refractivity contribution in [3.05, 3.63) is 65.7 Å². The van der Waals surface area contributed by atoms with Gasteiger partial charge in [0.15, 0.2) is 0 Å². The molecule has 0 saturated carbocycles. The lowest BCUT2D eigenvalue weighted by Gasteiger charge is -2.32. The Kier molecular flexibility index (Phi) is 4.13. The van der Waals surface area contributed by atoms with E-state index in [0.717, 1.165) is 5.46 Å². The van der Waals surface area contributed by atoms with Crippen LogP contribution in [0, 0.1) is 0 Å². The van der Waals surface area contributed by atoms with E-state index in [1.54, 1.807) is 0 Å². The van der Waals surface area contributed by atoms with Crippen LogP contribution in [0.3, 0.4) is 0 Å². The third kappa shape index (κ3) is 2.91. The minimum atomic E-state index is -0.306. The molecule has 1 saturated heterocycles. The zero-order chi connectivity index (χ0) is 17.6. The normalized spacial score (nSPS) is 19.5. The highest BCUT2D eigenvalue weighted by Crippen LogP contribution is 2.37. The van der Waals surface area contributed by atoms with Crippen molar-refractivity contribution in [1.29, 1.82) is 0 Å². The Balaban J connectivity index is 1.85. The largest absolute Gasteiger partial charge is 0.494 e. The quantitative estimate of drug-likeness (QED) is 0.784. The molecule has 3 rings (SSSR count). The second-order valence-electron chi connectivity index (χ2n) is 8.20. The molecule has 24 heavy (non-hydrogen) atoms. The number of benzene rings is 2. The maximum atomic E-state index is 6.14. The molecule has 1 aliphatic heterocycles. The van der Waals surface area contributed by atoms with Crippen molar-refractivity contribution < 1.29 is 9.31 Å². The Morgan fingerprint density at radius 1 is 0.708 bits per heavy atom. The van der Waals surface area contributed by atoms with Gasteiger partial charge in [-0.3, -0.25) is 0 Å². The second-order valence-corrected chi connectivity index (χ2v) is 8.20. The number of hydrogen-bond donors (Lipinski definition) is 0. The van der Waals surface area contributed by atoms with E-state index in [-0.39, 0.29) is 23.7 Å². The lowest BCUT2D eigenvalue weighted by Crippen LogP contribution is -2.41. The van der Waals surface area contributed by atoms with Crippen molar-refractivity contribution in [2.45, 2.75) is 58.2 Å². The van der Waals surface area contributed by atoms with Crippen molar-refractivity contribution in [3.63, 3.8) is 0 Å². The van der Waals surface area contributed by atoms with Crippen molar-refractivity contribution in [3.8, 4) is 0 Å². The van der Waals surface area contributed by atoms with Crippen LogP contribution in [0.15, 0.2) is 54.6 Å². The summed E-state index contributed by atoms with van der Waals surface area (Å²) in [6.07, 6.45) is 0. The van der Waals surface area contributed by atoms with E-state index in [1.807, 2.05) is 0 Å². The molecular weight excluding hydrogens is 295 g/mol. The molecule has 0 aliphatic carbocycles. The summed E-state index contributed by atoms with van der Waals surface area (Å²) in [5, 5.41) is 0. The predicted octanol–water partition coefficient (Wildman–Crippen LogP) is 4.31. The van der Waals surface area contributed by atoms with Gasteiger partial charge < -0.3 is 9.31 Å². The van der Waals surface area contributed by atoms with Crippen LogP contribution in [0.2, 0.25) is 0 Å². The molecule has 2 nitrogen and oxygen atoms in total. The lowest BCUT2D eigenvalue weighted by molar-refractivity contribution is 0.00578. The monoisotopic (exact) mass is 322 g/mol. The van der Waals surface area contributed by atoms with E-state index in [2.05, 4.69) is 96.1 Å². The first kappa shape index (κ1) is 17.3. The maximum absolute atomic E-state index is 6.14. The fraction of sp³-hybridized carbons (Fsp3) is 0.429. The van der Waals surface area contributed by atoms with Gasteiger partial charge in [0.05, 0.1) is 11.2 Å². The molecule has 0 unspecified atom stereocenters. The molecule has 0 N–H and O–H groups in total. The third-order valence-electron chi connectivity index (χ3n) is 5.65. The zero-order valence-corrected chi connectivity index (χ0v) is 15.6. The van der Waals surface area contributed by atoms with Crippen LogP contribution in [0.1, 0.15) is 52.7 Å². The van der Waals surface area contributed by atoms with Crippen molar-refractivity contribution in [2.75, 3.05) is 0 Å². The van der Waals surface area contributed by atoms with Crippen molar-refractivity contribution in [2.24, 2.45) is 0 Å². The Labute approximate surface area is 146 Å². The molecule has 0 spiro atoms. The molecule has 0 aromatic heterocycles. The summed E-state index contributed by atoms with van der Waals surface area (Å²) < 4.78 is 12.3. The van der Waals surface area contributed by atoms with Gasteiger partial charge in [0.1, 0.15) is 0 Å². The Bertz CT molecular complexity index is 686. The summed E-state index contributed by atoms with van der Waals surface area (Å²) in [5.41, 5.74) is 3.03. The van der Waals surface area contributed by atoms with Crippen LogP contribution in [0.5, 0.6) is 0 Å². The van der Waals surface area contributed by atoms with Crippen LogP contribution in [-0.2, 0) is 14.7 Å². The molecule has 0 bridgehead atoms. The highest BCUT2D eigenvalue weighted by molar-refractivity contribution is 6.62. The molecule has 2 aromatic rings. The summed E-state index contributed by atoms with van der Waals surface area (Å²) in [5.74, 6) is 0. The van der Waals surface area contributed by atoms with Crippen LogP contribution >= 0.6 is 0 Å². The van der Waals surface area contributed by atoms with Gasteiger partial charge in [-0.05, 0) is 44.3 Å². The lowest BCUT2D eigenvalue weighted by atomic mass is 9.74. The van der Waals surface area contributed by atoms with Gasteiger partial charge in [0, 0.05) is 5.41 Å². The maximum Gasteiger partial charge on any atom is 0.494 e.